The van der Waals surface area contributed by atoms with Gasteiger partial charge in [0.25, 0.3) is 0 Å². The van der Waals surface area contributed by atoms with Crippen molar-refractivity contribution in [3.63, 3.8) is 0 Å². The van der Waals surface area contributed by atoms with Crippen LogP contribution in [0, 0.1) is 5.92 Å². The Morgan fingerprint density at radius 2 is 1.86 bits per heavy atom. The summed E-state index contributed by atoms with van der Waals surface area (Å²) in [5, 5.41) is 2.94. The highest BCUT2D eigenvalue weighted by Gasteiger charge is 2.19. The lowest BCUT2D eigenvalue weighted by atomic mass is 9.99. The summed E-state index contributed by atoms with van der Waals surface area (Å²) in [5.41, 5.74) is 1.02. The first-order chi connectivity index (χ1) is 6.70. The maximum atomic E-state index is 11.7. The van der Waals surface area contributed by atoms with Crippen molar-refractivity contribution in [3.8, 4) is 0 Å². The van der Waals surface area contributed by atoms with Crippen LogP contribution in [-0.4, -0.2) is 12.5 Å². The SMILES string of the molecule is C=C(C)CNC(=O)C1CCCCCC1. The van der Waals surface area contributed by atoms with Gasteiger partial charge in [-0.2, -0.15) is 0 Å². The summed E-state index contributed by atoms with van der Waals surface area (Å²) >= 11 is 0. The summed E-state index contributed by atoms with van der Waals surface area (Å²) in [6.07, 6.45) is 7.16. The molecule has 1 aliphatic rings. The molecule has 0 heterocycles. The molecule has 0 spiro atoms. The summed E-state index contributed by atoms with van der Waals surface area (Å²) in [7, 11) is 0. The second-order valence-corrected chi connectivity index (χ2v) is 4.36. The van der Waals surface area contributed by atoms with Crippen molar-refractivity contribution >= 4 is 5.91 Å². The number of carbonyl (C=O) groups is 1. The second kappa shape index (κ2) is 5.84. The molecule has 0 bridgehead atoms. The minimum atomic E-state index is 0.231. The normalized spacial score (nSPS) is 18.6. The molecule has 1 aliphatic carbocycles. The minimum Gasteiger partial charge on any atom is -0.352 e. The molecule has 0 aromatic heterocycles. The van der Waals surface area contributed by atoms with Crippen LogP contribution in [0.25, 0.3) is 0 Å². The fourth-order valence-corrected chi connectivity index (χ4v) is 1.92. The van der Waals surface area contributed by atoms with Gasteiger partial charge in [-0.05, 0) is 19.8 Å². The average molecular weight is 195 g/mol. The zero-order chi connectivity index (χ0) is 10.4. The van der Waals surface area contributed by atoms with Crippen LogP contribution in [0.1, 0.15) is 45.4 Å². The minimum absolute atomic E-state index is 0.231. The molecule has 0 aromatic carbocycles. The summed E-state index contributed by atoms with van der Waals surface area (Å²) in [6, 6.07) is 0. The van der Waals surface area contributed by atoms with Crippen LogP contribution in [-0.2, 0) is 4.79 Å². The van der Waals surface area contributed by atoms with E-state index in [-0.39, 0.29) is 11.8 Å². The molecule has 0 atom stereocenters. The molecule has 1 saturated carbocycles. The van der Waals surface area contributed by atoms with Gasteiger partial charge >= 0.3 is 0 Å². The summed E-state index contributed by atoms with van der Waals surface area (Å²) < 4.78 is 0. The molecule has 2 nitrogen and oxygen atoms in total. The van der Waals surface area contributed by atoms with E-state index in [9.17, 15) is 4.79 Å². The molecule has 0 unspecified atom stereocenters. The molecule has 80 valence electrons. The van der Waals surface area contributed by atoms with E-state index >= 15 is 0 Å². The standard InChI is InChI=1S/C12H21NO/c1-10(2)9-13-12(14)11-7-5-3-4-6-8-11/h11H,1,3-9H2,2H3,(H,13,14). The van der Waals surface area contributed by atoms with E-state index in [4.69, 9.17) is 0 Å². The molecule has 1 amide bonds. The number of amides is 1. The smallest absolute Gasteiger partial charge is 0.223 e. The van der Waals surface area contributed by atoms with Crippen LogP contribution < -0.4 is 5.32 Å². The predicted octanol–water partition coefficient (Wildman–Crippen LogP) is 2.65. The molecule has 1 rings (SSSR count). The number of rotatable bonds is 3. The first-order valence-electron chi connectivity index (χ1n) is 5.62. The van der Waals surface area contributed by atoms with Gasteiger partial charge in [-0.15, -0.1) is 0 Å². The Hall–Kier alpha value is -0.790. The lowest BCUT2D eigenvalue weighted by Crippen LogP contribution is -2.31. The quantitative estimate of drug-likeness (QED) is 0.544. The number of hydrogen-bond acceptors (Lipinski definition) is 1. The van der Waals surface area contributed by atoms with Gasteiger partial charge in [0.15, 0.2) is 0 Å². The maximum Gasteiger partial charge on any atom is 0.223 e. The number of nitrogens with one attached hydrogen (secondary N) is 1. The van der Waals surface area contributed by atoms with Crippen LogP contribution in [0.2, 0.25) is 0 Å². The molecular formula is C12H21NO. The molecular weight excluding hydrogens is 174 g/mol. The Kier molecular flexibility index (Phi) is 4.71. The van der Waals surface area contributed by atoms with Gasteiger partial charge in [0.05, 0.1) is 0 Å². The van der Waals surface area contributed by atoms with Crippen molar-refractivity contribution < 1.29 is 4.79 Å². The molecule has 0 radical (unpaired) electrons. The van der Waals surface area contributed by atoms with Crippen molar-refractivity contribution in [2.75, 3.05) is 6.54 Å². The van der Waals surface area contributed by atoms with E-state index in [1.807, 2.05) is 6.92 Å². The van der Waals surface area contributed by atoms with Crippen molar-refractivity contribution in [2.45, 2.75) is 45.4 Å². The van der Waals surface area contributed by atoms with Crippen LogP contribution in [0.15, 0.2) is 12.2 Å². The van der Waals surface area contributed by atoms with Crippen LogP contribution >= 0.6 is 0 Å². The fourth-order valence-electron chi connectivity index (χ4n) is 1.92. The van der Waals surface area contributed by atoms with Gasteiger partial charge in [0.1, 0.15) is 0 Å². The highest BCUT2D eigenvalue weighted by Crippen LogP contribution is 2.22. The molecule has 2 heteroatoms. The van der Waals surface area contributed by atoms with Crippen molar-refractivity contribution in [3.05, 3.63) is 12.2 Å². The molecule has 1 fully saturated rings. The topological polar surface area (TPSA) is 29.1 Å². The summed E-state index contributed by atoms with van der Waals surface area (Å²) in [4.78, 5) is 11.7. The van der Waals surface area contributed by atoms with Crippen molar-refractivity contribution in [1.82, 2.24) is 5.32 Å². The Labute approximate surface area is 86.8 Å². The third-order valence-corrected chi connectivity index (χ3v) is 2.79. The monoisotopic (exact) mass is 195 g/mol. The molecule has 0 aromatic rings. The van der Waals surface area contributed by atoms with E-state index in [2.05, 4.69) is 11.9 Å². The van der Waals surface area contributed by atoms with E-state index in [0.29, 0.717) is 6.54 Å². The largest absolute Gasteiger partial charge is 0.352 e. The fraction of sp³-hybridized carbons (Fsp3) is 0.750. The van der Waals surface area contributed by atoms with E-state index in [0.717, 1.165) is 18.4 Å². The first-order valence-corrected chi connectivity index (χ1v) is 5.62. The highest BCUT2D eigenvalue weighted by molar-refractivity contribution is 5.78. The molecule has 0 aliphatic heterocycles. The van der Waals surface area contributed by atoms with Gasteiger partial charge in [-0.1, -0.05) is 37.8 Å². The van der Waals surface area contributed by atoms with Gasteiger partial charge in [-0.25, -0.2) is 0 Å². The van der Waals surface area contributed by atoms with Gasteiger partial charge in [-0.3, -0.25) is 4.79 Å². The highest BCUT2D eigenvalue weighted by atomic mass is 16.1. The van der Waals surface area contributed by atoms with E-state index in [1.165, 1.54) is 25.7 Å². The predicted molar refractivity (Wildman–Crippen MR) is 59.0 cm³/mol. The molecule has 1 N–H and O–H groups in total. The zero-order valence-electron chi connectivity index (χ0n) is 9.14. The Bertz CT molecular complexity index is 202. The first kappa shape index (κ1) is 11.3. The van der Waals surface area contributed by atoms with Gasteiger partial charge < -0.3 is 5.32 Å². The van der Waals surface area contributed by atoms with Crippen LogP contribution in [0.5, 0.6) is 0 Å². The Balaban J connectivity index is 2.30. The molecule has 14 heavy (non-hydrogen) atoms. The second-order valence-electron chi connectivity index (χ2n) is 4.36. The van der Waals surface area contributed by atoms with Crippen molar-refractivity contribution in [1.29, 1.82) is 0 Å². The average Bonchev–Trinajstić information content (AvgIpc) is 2.42. The Morgan fingerprint density at radius 3 is 2.36 bits per heavy atom. The zero-order valence-corrected chi connectivity index (χ0v) is 9.14. The summed E-state index contributed by atoms with van der Waals surface area (Å²) in [6.45, 7) is 6.35. The van der Waals surface area contributed by atoms with Crippen LogP contribution in [0.4, 0.5) is 0 Å². The van der Waals surface area contributed by atoms with E-state index < -0.39 is 0 Å². The Morgan fingerprint density at radius 1 is 1.29 bits per heavy atom. The lowest BCUT2D eigenvalue weighted by molar-refractivity contribution is -0.125. The lowest BCUT2D eigenvalue weighted by Gasteiger charge is -2.13. The van der Waals surface area contributed by atoms with E-state index in [1.54, 1.807) is 0 Å². The third-order valence-electron chi connectivity index (χ3n) is 2.79. The molecule has 0 saturated heterocycles. The van der Waals surface area contributed by atoms with Gasteiger partial charge in [0, 0.05) is 12.5 Å². The van der Waals surface area contributed by atoms with Crippen LogP contribution in [0.3, 0.4) is 0 Å². The summed E-state index contributed by atoms with van der Waals surface area (Å²) in [5.74, 6) is 0.492. The van der Waals surface area contributed by atoms with Crippen molar-refractivity contribution in [2.24, 2.45) is 5.92 Å². The maximum absolute atomic E-state index is 11.7. The number of carbonyl (C=O) groups excluding carboxylic acids is 1. The third kappa shape index (κ3) is 3.95. The number of hydrogen-bond donors (Lipinski definition) is 1. The van der Waals surface area contributed by atoms with Gasteiger partial charge in [0.2, 0.25) is 5.91 Å².